The molecule has 0 amide bonds. The summed E-state index contributed by atoms with van der Waals surface area (Å²) in [7, 11) is 2.18. The Bertz CT molecular complexity index is 365. The van der Waals surface area contributed by atoms with Crippen molar-refractivity contribution in [1.29, 1.82) is 0 Å². The number of rotatable bonds is 5. The van der Waals surface area contributed by atoms with E-state index >= 15 is 0 Å². The molecule has 0 spiro atoms. The number of nitrogens with zero attached hydrogens (tertiary/aromatic N) is 2. The van der Waals surface area contributed by atoms with Gasteiger partial charge in [-0.1, -0.05) is 13.0 Å². The Balaban J connectivity index is 2.17. The molecule has 2 rings (SSSR count). The lowest BCUT2D eigenvalue weighted by Gasteiger charge is -2.39. The predicted molar refractivity (Wildman–Crippen MR) is 76.8 cm³/mol. The van der Waals surface area contributed by atoms with Crippen LogP contribution in [0, 0.1) is 0 Å². The molecule has 4 nitrogen and oxygen atoms in total. The molecule has 0 bridgehead atoms. The van der Waals surface area contributed by atoms with Crippen molar-refractivity contribution in [2.75, 3.05) is 20.3 Å². The molecule has 106 valence electrons. The minimum Gasteiger partial charge on any atom is -0.381 e. The molecule has 1 aromatic rings. The van der Waals surface area contributed by atoms with Gasteiger partial charge in [-0.2, -0.15) is 0 Å². The summed E-state index contributed by atoms with van der Waals surface area (Å²) in [6, 6.07) is 5.04. The van der Waals surface area contributed by atoms with Crippen LogP contribution in [0.3, 0.4) is 0 Å². The monoisotopic (exact) mass is 263 g/mol. The first-order chi connectivity index (χ1) is 9.24. The molecule has 1 saturated heterocycles. The lowest BCUT2D eigenvalue weighted by molar-refractivity contribution is 0.0233. The fraction of sp³-hybridized carbons (Fsp3) is 0.667. The summed E-state index contributed by atoms with van der Waals surface area (Å²) in [6.07, 6.45) is 6.89. The molecule has 4 heteroatoms. The van der Waals surface area contributed by atoms with Crippen LogP contribution in [0.15, 0.2) is 24.5 Å². The molecule has 1 aliphatic rings. The molecular weight excluding hydrogens is 238 g/mol. The zero-order valence-electron chi connectivity index (χ0n) is 12.0. The van der Waals surface area contributed by atoms with E-state index in [1.54, 1.807) is 0 Å². The number of hydrogen-bond donors (Lipinski definition) is 1. The lowest BCUT2D eigenvalue weighted by Crippen LogP contribution is -2.45. The first-order valence-corrected chi connectivity index (χ1v) is 7.19. The van der Waals surface area contributed by atoms with Gasteiger partial charge >= 0.3 is 0 Å². The van der Waals surface area contributed by atoms with E-state index in [-0.39, 0.29) is 12.1 Å². The van der Waals surface area contributed by atoms with Crippen molar-refractivity contribution in [3.63, 3.8) is 0 Å². The van der Waals surface area contributed by atoms with Gasteiger partial charge in [0.25, 0.3) is 0 Å². The normalized spacial score (nSPS) is 20.4. The maximum atomic E-state index is 6.36. The third-order valence-corrected chi connectivity index (χ3v) is 4.11. The fourth-order valence-electron chi connectivity index (χ4n) is 2.88. The first-order valence-electron chi connectivity index (χ1n) is 7.19. The van der Waals surface area contributed by atoms with Gasteiger partial charge in [-0.15, -0.1) is 0 Å². The predicted octanol–water partition coefficient (Wildman–Crippen LogP) is 1.97. The minimum atomic E-state index is 0.136. The molecule has 0 aliphatic carbocycles. The minimum absolute atomic E-state index is 0.136. The summed E-state index contributed by atoms with van der Waals surface area (Å²) < 4.78 is 5.45. The Morgan fingerprint density at radius 3 is 2.79 bits per heavy atom. The van der Waals surface area contributed by atoms with Crippen molar-refractivity contribution >= 4 is 0 Å². The Hall–Kier alpha value is -0.970. The van der Waals surface area contributed by atoms with Crippen LogP contribution < -0.4 is 5.73 Å². The molecule has 2 unspecified atom stereocenters. The average molecular weight is 263 g/mol. The Morgan fingerprint density at radius 2 is 2.21 bits per heavy atom. The topological polar surface area (TPSA) is 51.4 Å². The summed E-state index contributed by atoms with van der Waals surface area (Å²) in [4.78, 5) is 6.67. The second-order valence-electron chi connectivity index (χ2n) is 5.31. The average Bonchev–Trinajstić information content (AvgIpc) is 2.49. The van der Waals surface area contributed by atoms with Gasteiger partial charge in [0.1, 0.15) is 0 Å². The second kappa shape index (κ2) is 6.98. The van der Waals surface area contributed by atoms with Crippen molar-refractivity contribution < 1.29 is 4.74 Å². The van der Waals surface area contributed by atoms with Crippen LogP contribution in [0.1, 0.15) is 37.8 Å². The van der Waals surface area contributed by atoms with Gasteiger partial charge in [0.05, 0.1) is 6.04 Å². The molecule has 2 atom stereocenters. The summed E-state index contributed by atoms with van der Waals surface area (Å²) in [5.74, 6) is 0. The van der Waals surface area contributed by atoms with E-state index < -0.39 is 0 Å². The van der Waals surface area contributed by atoms with Gasteiger partial charge in [-0.05, 0) is 37.9 Å². The largest absolute Gasteiger partial charge is 0.381 e. The number of ether oxygens (including phenoxy) is 1. The molecule has 0 saturated carbocycles. The molecule has 19 heavy (non-hydrogen) atoms. The quantitative estimate of drug-likeness (QED) is 0.882. The number of nitrogens with two attached hydrogens (primary N) is 1. The highest BCUT2D eigenvalue weighted by Gasteiger charge is 2.29. The maximum Gasteiger partial charge on any atom is 0.0514 e. The van der Waals surface area contributed by atoms with E-state index in [0.717, 1.165) is 32.5 Å². The van der Waals surface area contributed by atoms with Gasteiger partial charge in [-0.25, -0.2) is 0 Å². The lowest BCUT2D eigenvalue weighted by atomic mass is 9.95. The highest BCUT2D eigenvalue weighted by Crippen LogP contribution is 2.28. The van der Waals surface area contributed by atoms with Gasteiger partial charge in [-0.3, -0.25) is 9.88 Å². The highest BCUT2D eigenvalue weighted by molar-refractivity contribution is 5.16. The molecule has 1 aliphatic heterocycles. The summed E-state index contributed by atoms with van der Waals surface area (Å²) in [5.41, 5.74) is 7.57. The van der Waals surface area contributed by atoms with Crippen molar-refractivity contribution in [1.82, 2.24) is 9.88 Å². The molecule has 1 aromatic heterocycles. The summed E-state index contributed by atoms with van der Waals surface area (Å²) in [6.45, 7) is 3.86. The van der Waals surface area contributed by atoms with Gasteiger partial charge in [0, 0.05) is 37.7 Å². The molecule has 2 N–H and O–H groups in total. The van der Waals surface area contributed by atoms with Crippen molar-refractivity contribution in [3.05, 3.63) is 30.1 Å². The van der Waals surface area contributed by atoms with Crippen LogP contribution in [0.4, 0.5) is 0 Å². The van der Waals surface area contributed by atoms with E-state index in [0.29, 0.717) is 6.04 Å². The van der Waals surface area contributed by atoms with Crippen LogP contribution in [0.5, 0.6) is 0 Å². The smallest absolute Gasteiger partial charge is 0.0514 e. The number of pyridine rings is 1. The van der Waals surface area contributed by atoms with E-state index in [1.807, 2.05) is 18.5 Å². The number of likely N-dealkylation sites (N-methyl/N-ethyl adjacent to an activating group) is 1. The Labute approximate surface area is 116 Å². The van der Waals surface area contributed by atoms with Crippen LogP contribution in [-0.2, 0) is 4.74 Å². The van der Waals surface area contributed by atoms with E-state index in [9.17, 15) is 0 Å². The molecule has 1 fully saturated rings. The summed E-state index contributed by atoms with van der Waals surface area (Å²) >= 11 is 0. The van der Waals surface area contributed by atoms with Crippen LogP contribution in [0.25, 0.3) is 0 Å². The van der Waals surface area contributed by atoms with Crippen molar-refractivity contribution in [2.24, 2.45) is 5.73 Å². The van der Waals surface area contributed by atoms with Gasteiger partial charge < -0.3 is 10.5 Å². The Morgan fingerprint density at radius 1 is 1.47 bits per heavy atom. The number of aromatic nitrogens is 1. The maximum absolute atomic E-state index is 6.36. The highest BCUT2D eigenvalue weighted by atomic mass is 16.5. The third kappa shape index (κ3) is 3.53. The standard InChI is InChI=1S/C15H25N3O/c1-3-14(16)15(12-5-4-8-17-11-12)18(2)13-6-9-19-10-7-13/h4-5,8,11,13-15H,3,6-7,9-10,16H2,1-2H3. The molecule has 2 heterocycles. The van der Waals surface area contributed by atoms with E-state index in [1.165, 1.54) is 5.56 Å². The van der Waals surface area contributed by atoms with E-state index in [2.05, 4.69) is 29.9 Å². The molecule has 0 radical (unpaired) electrons. The zero-order valence-corrected chi connectivity index (χ0v) is 12.0. The Kier molecular flexibility index (Phi) is 5.31. The third-order valence-electron chi connectivity index (χ3n) is 4.11. The van der Waals surface area contributed by atoms with Gasteiger partial charge in [0.2, 0.25) is 0 Å². The van der Waals surface area contributed by atoms with E-state index in [4.69, 9.17) is 10.5 Å². The van der Waals surface area contributed by atoms with Crippen LogP contribution in [-0.4, -0.2) is 42.2 Å². The second-order valence-corrected chi connectivity index (χ2v) is 5.31. The zero-order chi connectivity index (χ0) is 13.7. The fourth-order valence-corrected chi connectivity index (χ4v) is 2.88. The van der Waals surface area contributed by atoms with Gasteiger partial charge in [0.15, 0.2) is 0 Å². The summed E-state index contributed by atoms with van der Waals surface area (Å²) in [5, 5.41) is 0. The first kappa shape index (κ1) is 14.4. The van der Waals surface area contributed by atoms with Crippen molar-refractivity contribution in [3.8, 4) is 0 Å². The van der Waals surface area contributed by atoms with Crippen LogP contribution in [0.2, 0.25) is 0 Å². The van der Waals surface area contributed by atoms with Crippen molar-refractivity contribution in [2.45, 2.75) is 44.3 Å². The number of hydrogen-bond acceptors (Lipinski definition) is 4. The molecule has 0 aromatic carbocycles. The molecular formula is C15H25N3O. The van der Waals surface area contributed by atoms with Crippen LogP contribution >= 0.6 is 0 Å². The SMILES string of the molecule is CCC(N)C(c1cccnc1)N(C)C1CCOCC1.